The summed E-state index contributed by atoms with van der Waals surface area (Å²) in [7, 11) is -2.88. The molecule has 1 heterocycles. The first-order chi connectivity index (χ1) is 8.09. The number of rotatable bonds is 4. The zero-order valence-electron chi connectivity index (χ0n) is 9.63. The van der Waals surface area contributed by atoms with Crippen molar-refractivity contribution in [2.24, 2.45) is 5.73 Å². The zero-order valence-corrected chi connectivity index (χ0v) is 10.4. The summed E-state index contributed by atoms with van der Waals surface area (Å²) >= 11 is 0. The minimum Gasteiger partial charge on any atom is -0.489 e. The maximum absolute atomic E-state index is 11.3. The van der Waals surface area contributed by atoms with Crippen molar-refractivity contribution in [3.8, 4) is 5.75 Å². The Morgan fingerprint density at radius 1 is 1.41 bits per heavy atom. The Morgan fingerprint density at radius 2 is 2.24 bits per heavy atom. The Labute approximate surface area is 102 Å². The largest absolute Gasteiger partial charge is 0.489 e. The minimum atomic E-state index is -2.88. The van der Waals surface area contributed by atoms with Crippen molar-refractivity contribution >= 4 is 9.84 Å². The highest BCUT2D eigenvalue weighted by molar-refractivity contribution is 7.91. The molecular weight excluding hydrogens is 238 g/mol. The van der Waals surface area contributed by atoms with Gasteiger partial charge in [-0.3, -0.25) is 0 Å². The summed E-state index contributed by atoms with van der Waals surface area (Å²) in [5.74, 6) is 1.10. The lowest BCUT2D eigenvalue weighted by Crippen LogP contribution is -2.17. The van der Waals surface area contributed by atoms with Crippen molar-refractivity contribution in [3.05, 3.63) is 29.8 Å². The Bertz CT molecular complexity index is 484. The van der Waals surface area contributed by atoms with Gasteiger partial charge >= 0.3 is 0 Å². The first-order valence-corrected chi connectivity index (χ1v) is 7.57. The van der Waals surface area contributed by atoms with Gasteiger partial charge in [-0.1, -0.05) is 12.1 Å². The fraction of sp³-hybridized carbons (Fsp3) is 0.500. The molecule has 1 unspecified atom stereocenters. The predicted octanol–water partition coefficient (Wildman–Crippen LogP) is 0.754. The van der Waals surface area contributed by atoms with Crippen LogP contribution in [0.15, 0.2) is 24.3 Å². The molecule has 94 valence electrons. The van der Waals surface area contributed by atoms with Crippen LogP contribution < -0.4 is 10.5 Å². The molecule has 2 N–H and O–H groups in total. The maximum atomic E-state index is 11.3. The van der Waals surface area contributed by atoms with Gasteiger partial charge in [0.1, 0.15) is 11.9 Å². The highest BCUT2D eigenvalue weighted by Gasteiger charge is 2.29. The molecule has 1 aromatic rings. The van der Waals surface area contributed by atoms with Gasteiger partial charge in [-0.25, -0.2) is 8.42 Å². The van der Waals surface area contributed by atoms with Crippen LogP contribution in [0, 0.1) is 0 Å². The van der Waals surface area contributed by atoms with E-state index in [0.29, 0.717) is 13.0 Å². The summed E-state index contributed by atoms with van der Waals surface area (Å²) in [4.78, 5) is 0. The van der Waals surface area contributed by atoms with Gasteiger partial charge in [0, 0.05) is 0 Å². The predicted molar refractivity (Wildman–Crippen MR) is 66.9 cm³/mol. The molecule has 0 bridgehead atoms. The van der Waals surface area contributed by atoms with Crippen LogP contribution in [0.2, 0.25) is 0 Å². The van der Waals surface area contributed by atoms with E-state index < -0.39 is 9.84 Å². The molecule has 0 saturated carbocycles. The quantitative estimate of drug-likeness (QED) is 0.862. The second-order valence-corrected chi connectivity index (χ2v) is 6.56. The van der Waals surface area contributed by atoms with E-state index in [4.69, 9.17) is 10.5 Å². The normalized spacial score (nSPS) is 22.5. The van der Waals surface area contributed by atoms with Crippen molar-refractivity contribution in [3.63, 3.8) is 0 Å². The van der Waals surface area contributed by atoms with Gasteiger partial charge in [-0.2, -0.15) is 0 Å². The van der Waals surface area contributed by atoms with E-state index in [-0.39, 0.29) is 17.6 Å². The Kier molecular flexibility index (Phi) is 3.69. The van der Waals surface area contributed by atoms with Crippen LogP contribution in [0.5, 0.6) is 5.75 Å². The number of hydrogen-bond acceptors (Lipinski definition) is 4. The van der Waals surface area contributed by atoms with Crippen LogP contribution in [0.4, 0.5) is 0 Å². The molecule has 1 aromatic carbocycles. The van der Waals surface area contributed by atoms with Crippen molar-refractivity contribution in [2.45, 2.75) is 18.9 Å². The van der Waals surface area contributed by atoms with Gasteiger partial charge in [0.05, 0.1) is 11.5 Å². The van der Waals surface area contributed by atoms with Crippen LogP contribution in [0.3, 0.4) is 0 Å². The number of nitrogens with two attached hydrogens (primary N) is 1. The highest BCUT2D eigenvalue weighted by Crippen LogP contribution is 2.20. The van der Waals surface area contributed by atoms with Crippen molar-refractivity contribution in [1.82, 2.24) is 0 Å². The molecule has 5 heteroatoms. The lowest BCUT2D eigenvalue weighted by Gasteiger charge is -2.12. The van der Waals surface area contributed by atoms with Gasteiger partial charge in [0.2, 0.25) is 0 Å². The van der Waals surface area contributed by atoms with Gasteiger partial charge in [-0.15, -0.1) is 0 Å². The smallest absolute Gasteiger partial charge is 0.154 e. The van der Waals surface area contributed by atoms with Crippen LogP contribution in [0.25, 0.3) is 0 Å². The number of ether oxygens (including phenoxy) is 1. The van der Waals surface area contributed by atoms with Crippen molar-refractivity contribution < 1.29 is 13.2 Å². The molecule has 1 atom stereocenters. The molecule has 17 heavy (non-hydrogen) atoms. The monoisotopic (exact) mass is 255 g/mol. The standard InChI is InChI=1S/C12H17NO3S/c13-6-4-10-2-1-3-11(8-10)16-12-5-7-17(14,15)9-12/h1-3,8,12H,4-7,9,13H2. The third-order valence-electron chi connectivity index (χ3n) is 2.82. The Hall–Kier alpha value is -1.07. The number of sulfone groups is 1. The molecule has 1 aliphatic rings. The summed E-state index contributed by atoms with van der Waals surface area (Å²) in [6, 6.07) is 7.68. The molecule has 4 nitrogen and oxygen atoms in total. The second kappa shape index (κ2) is 5.06. The SMILES string of the molecule is NCCc1cccc(OC2CCS(=O)(=O)C2)c1. The molecule has 1 fully saturated rings. The Balaban J connectivity index is 2.01. The van der Waals surface area contributed by atoms with Crippen molar-refractivity contribution in [2.75, 3.05) is 18.1 Å². The van der Waals surface area contributed by atoms with Crippen LogP contribution in [-0.4, -0.2) is 32.6 Å². The minimum absolute atomic E-state index is 0.133. The summed E-state index contributed by atoms with van der Waals surface area (Å²) < 4.78 is 28.3. The lowest BCUT2D eigenvalue weighted by atomic mass is 10.1. The summed E-state index contributed by atoms with van der Waals surface area (Å²) in [5, 5.41) is 0. The maximum Gasteiger partial charge on any atom is 0.154 e. The molecule has 0 spiro atoms. The van der Waals surface area contributed by atoms with E-state index in [0.717, 1.165) is 17.7 Å². The third-order valence-corrected chi connectivity index (χ3v) is 4.56. The van der Waals surface area contributed by atoms with Gasteiger partial charge in [-0.05, 0) is 37.1 Å². The topological polar surface area (TPSA) is 69.4 Å². The first kappa shape index (κ1) is 12.4. The zero-order chi connectivity index (χ0) is 12.3. The molecule has 0 radical (unpaired) electrons. The molecule has 1 aliphatic heterocycles. The van der Waals surface area contributed by atoms with Gasteiger partial charge in [0.15, 0.2) is 9.84 Å². The van der Waals surface area contributed by atoms with E-state index in [2.05, 4.69) is 0 Å². The van der Waals surface area contributed by atoms with E-state index in [9.17, 15) is 8.42 Å². The summed E-state index contributed by atoms with van der Waals surface area (Å²) in [6.07, 6.45) is 1.19. The first-order valence-electron chi connectivity index (χ1n) is 5.75. The molecule has 0 amide bonds. The van der Waals surface area contributed by atoms with Crippen LogP contribution in [0.1, 0.15) is 12.0 Å². The van der Waals surface area contributed by atoms with Gasteiger partial charge < -0.3 is 10.5 Å². The molecular formula is C12H17NO3S. The Morgan fingerprint density at radius 3 is 2.88 bits per heavy atom. The van der Waals surface area contributed by atoms with E-state index >= 15 is 0 Å². The highest BCUT2D eigenvalue weighted by atomic mass is 32.2. The second-order valence-electron chi connectivity index (χ2n) is 4.33. The van der Waals surface area contributed by atoms with E-state index in [1.54, 1.807) is 0 Å². The lowest BCUT2D eigenvalue weighted by molar-refractivity contribution is 0.228. The average Bonchev–Trinajstić information content (AvgIpc) is 2.59. The molecule has 0 aromatic heterocycles. The van der Waals surface area contributed by atoms with Crippen molar-refractivity contribution in [1.29, 1.82) is 0 Å². The third kappa shape index (κ3) is 3.44. The summed E-state index contributed by atoms with van der Waals surface area (Å²) in [5.41, 5.74) is 6.61. The fourth-order valence-corrected chi connectivity index (χ4v) is 3.58. The summed E-state index contributed by atoms with van der Waals surface area (Å²) in [6.45, 7) is 0.598. The number of hydrogen-bond donors (Lipinski definition) is 1. The average molecular weight is 255 g/mol. The van der Waals surface area contributed by atoms with Gasteiger partial charge in [0.25, 0.3) is 0 Å². The van der Waals surface area contributed by atoms with E-state index in [1.807, 2.05) is 24.3 Å². The van der Waals surface area contributed by atoms with Crippen LogP contribution in [-0.2, 0) is 16.3 Å². The van der Waals surface area contributed by atoms with E-state index in [1.165, 1.54) is 0 Å². The molecule has 1 saturated heterocycles. The molecule has 2 rings (SSSR count). The molecule has 0 aliphatic carbocycles. The number of benzene rings is 1. The van der Waals surface area contributed by atoms with Crippen LogP contribution >= 0.6 is 0 Å². The fourth-order valence-electron chi connectivity index (χ4n) is 1.99.